The fraction of sp³-hybridized carbons (Fsp3) is 0.556. The van der Waals surface area contributed by atoms with E-state index in [9.17, 15) is 22.8 Å². The summed E-state index contributed by atoms with van der Waals surface area (Å²) in [5.41, 5.74) is -0.547. The standard InChI is InChI=1S/C18H22F3N3O3/c1-18(2)9-24(17(26)27-10-18)11-5-7-23(8-6-11)16(25)22-13-4-3-12(19)14(20)15(13)21/h3-4,11H,5-10H2,1-2H3,(H,22,25). The molecule has 2 heterocycles. The van der Waals surface area contributed by atoms with Crippen molar-refractivity contribution in [3.63, 3.8) is 0 Å². The summed E-state index contributed by atoms with van der Waals surface area (Å²) >= 11 is 0. The molecule has 6 nitrogen and oxygen atoms in total. The van der Waals surface area contributed by atoms with E-state index in [0.29, 0.717) is 39.1 Å². The van der Waals surface area contributed by atoms with Crippen molar-refractivity contribution in [2.45, 2.75) is 32.7 Å². The molecule has 0 spiro atoms. The van der Waals surface area contributed by atoms with E-state index in [1.807, 2.05) is 13.8 Å². The molecule has 0 aromatic heterocycles. The number of piperidine rings is 1. The number of amides is 3. The van der Waals surface area contributed by atoms with Crippen LogP contribution in [-0.4, -0.2) is 54.2 Å². The summed E-state index contributed by atoms with van der Waals surface area (Å²) in [6, 6.07) is 1.09. The van der Waals surface area contributed by atoms with Gasteiger partial charge in [-0.3, -0.25) is 0 Å². The zero-order chi connectivity index (χ0) is 19.8. The van der Waals surface area contributed by atoms with Crippen LogP contribution in [0, 0.1) is 22.9 Å². The second-order valence-corrected chi connectivity index (χ2v) is 7.72. The van der Waals surface area contributed by atoms with E-state index >= 15 is 0 Å². The van der Waals surface area contributed by atoms with Gasteiger partial charge in [0.1, 0.15) is 0 Å². The van der Waals surface area contributed by atoms with Crippen molar-refractivity contribution in [3.05, 3.63) is 29.6 Å². The summed E-state index contributed by atoms with van der Waals surface area (Å²) in [6.45, 7) is 5.71. The first-order valence-electron chi connectivity index (χ1n) is 8.81. The zero-order valence-corrected chi connectivity index (χ0v) is 15.2. The maximum absolute atomic E-state index is 13.7. The van der Waals surface area contributed by atoms with Crippen LogP contribution in [0.3, 0.4) is 0 Å². The van der Waals surface area contributed by atoms with Crippen LogP contribution in [0.2, 0.25) is 0 Å². The van der Waals surface area contributed by atoms with E-state index in [4.69, 9.17) is 4.74 Å². The number of anilines is 1. The van der Waals surface area contributed by atoms with E-state index in [1.54, 1.807) is 4.90 Å². The predicted molar refractivity (Wildman–Crippen MR) is 91.8 cm³/mol. The molecular weight excluding hydrogens is 363 g/mol. The molecule has 2 aliphatic rings. The lowest BCUT2D eigenvalue weighted by atomic mass is 9.91. The van der Waals surface area contributed by atoms with Gasteiger partial charge in [0.25, 0.3) is 0 Å². The van der Waals surface area contributed by atoms with Crippen LogP contribution < -0.4 is 5.32 Å². The molecule has 2 aliphatic heterocycles. The number of carbonyl (C=O) groups is 2. The van der Waals surface area contributed by atoms with Crippen molar-refractivity contribution in [3.8, 4) is 0 Å². The van der Waals surface area contributed by atoms with Crippen molar-refractivity contribution in [1.82, 2.24) is 9.80 Å². The van der Waals surface area contributed by atoms with Crippen LogP contribution in [0.5, 0.6) is 0 Å². The van der Waals surface area contributed by atoms with Gasteiger partial charge in [0, 0.05) is 31.1 Å². The Labute approximate surface area is 155 Å². The smallest absolute Gasteiger partial charge is 0.410 e. The third-order valence-corrected chi connectivity index (χ3v) is 4.89. The molecule has 0 atom stereocenters. The van der Waals surface area contributed by atoms with E-state index in [2.05, 4.69) is 5.32 Å². The van der Waals surface area contributed by atoms with E-state index in [-0.39, 0.29) is 17.6 Å². The largest absolute Gasteiger partial charge is 0.449 e. The maximum Gasteiger partial charge on any atom is 0.410 e. The lowest BCUT2D eigenvalue weighted by molar-refractivity contribution is -0.0141. The highest BCUT2D eigenvalue weighted by molar-refractivity contribution is 5.89. The fourth-order valence-electron chi connectivity index (χ4n) is 3.39. The normalized spacial score (nSPS) is 20.4. The first-order chi connectivity index (χ1) is 12.7. The third kappa shape index (κ3) is 4.12. The Balaban J connectivity index is 1.58. The van der Waals surface area contributed by atoms with Crippen LogP contribution in [0.15, 0.2) is 12.1 Å². The van der Waals surface area contributed by atoms with Gasteiger partial charge in [-0.2, -0.15) is 0 Å². The van der Waals surface area contributed by atoms with Crippen LogP contribution in [0.25, 0.3) is 0 Å². The molecule has 0 saturated carbocycles. The van der Waals surface area contributed by atoms with Crippen molar-refractivity contribution in [1.29, 1.82) is 0 Å². The van der Waals surface area contributed by atoms with E-state index in [1.165, 1.54) is 4.90 Å². The lowest BCUT2D eigenvalue weighted by Gasteiger charge is -2.44. The molecule has 3 rings (SSSR count). The molecule has 0 radical (unpaired) electrons. The summed E-state index contributed by atoms with van der Waals surface area (Å²) in [4.78, 5) is 27.5. The second kappa shape index (κ2) is 7.28. The molecule has 0 bridgehead atoms. The maximum atomic E-state index is 13.7. The molecule has 1 N–H and O–H groups in total. The number of ether oxygens (including phenoxy) is 1. The van der Waals surface area contributed by atoms with Crippen LogP contribution >= 0.6 is 0 Å². The Morgan fingerprint density at radius 1 is 1.19 bits per heavy atom. The summed E-state index contributed by atoms with van der Waals surface area (Å²) in [7, 11) is 0. The molecule has 27 heavy (non-hydrogen) atoms. The predicted octanol–water partition coefficient (Wildman–Crippen LogP) is 3.58. The summed E-state index contributed by atoms with van der Waals surface area (Å²) in [5, 5.41) is 2.26. The van der Waals surface area contributed by atoms with Gasteiger partial charge >= 0.3 is 12.1 Å². The molecule has 0 aliphatic carbocycles. The van der Waals surface area contributed by atoms with Crippen molar-refractivity contribution >= 4 is 17.8 Å². The average molecular weight is 385 g/mol. The topological polar surface area (TPSA) is 61.9 Å². The highest BCUT2D eigenvalue weighted by Crippen LogP contribution is 2.28. The number of rotatable bonds is 2. The quantitative estimate of drug-likeness (QED) is 0.792. The molecular formula is C18H22F3N3O3. The van der Waals surface area contributed by atoms with E-state index in [0.717, 1.165) is 12.1 Å². The van der Waals surface area contributed by atoms with Gasteiger partial charge in [0.2, 0.25) is 0 Å². The van der Waals surface area contributed by atoms with Gasteiger partial charge in [-0.05, 0) is 25.0 Å². The van der Waals surface area contributed by atoms with Gasteiger partial charge in [0.15, 0.2) is 17.5 Å². The summed E-state index contributed by atoms with van der Waals surface area (Å²) in [5.74, 6) is -4.38. The number of hydrogen-bond acceptors (Lipinski definition) is 3. The van der Waals surface area contributed by atoms with Gasteiger partial charge in [-0.25, -0.2) is 22.8 Å². The zero-order valence-electron chi connectivity index (χ0n) is 15.2. The SMILES string of the molecule is CC1(C)COC(=O)N(C2CCN(C(=O)Nc3ccc(F)c(F)c3F)CC2)C1. The van der Waals surface area contributed by atoms with Crippen molar-refractivity contribution in [2.75, 3.05) is 31.6 Å². The Morgan fingerprint density at radius 2 is 1.85 bits per heavy atom. The Hall–Kier alpha value is -2.45. The lowest BCUT2D eigenvalue weighted by Crippen LogP contribution is -2.55. The minimum atomic E-state index is -1.63. The molecule has 1 aromatic rings. The van der Waals surface area contributed by atoms with Gasteiger partial charge in [-0.1, -0.05) is 13.8 Å². The van der Waals surface area contributed by atoms with Crippen LogP contribution in [0.4, 0.5) is 28.4 Å². The highest BCUT2D eigenvalue weighted by atomic mass is 19.2. The number of hydrogen-bond donors (Lipinski definition) is 1. The van der Waals surface area contributed by atoms with Crippen LogP contribution in [0.1, 0.15) is 26.7 Å². The summed E-state index contributed by atoms with van der Waals surface area (Å²) in [6.07, 6.45) is 0.763. The Bertz CT molecular complexity index is 749. The van der Waals surface area contributed by atoms with Crippen molar-refractivity contribution < 1.29 is 27.5 Å². The van der Waals surface area contributed by atoms with Gasteiger partial charge in [-0.15, -0.1) is 0 Å². The average Bonchev–Trinajstić information content (AvgIpc) is 2.64. The second-order valence-electron chi connectivity index (χ2n) is 7.72. The number of carbonyl (C=O) groups excluding carboxylic acids is 2. The minimum Gasteiger partial charge on any atom is -0.449 e. The first kappa shape index (κ1) is 19.3. The minimum absolute atomic E-state index is 0.0406. The number of nitrogens with one attached hydrogen (secondary N) is 1. The molecule has 2 fully saturated rings. The van der Waals surface area contributed by atoms with Crippen molar-refractivity contribution in [2.24, 2.45) is 5.41 Å². The monoisotopic (exact) mass is 385 g/mol. The fourth-order valence-corrected chi connectivity index (χ4v) is 3.39. The van der Waals surface area contributed by atoms with Crippen LogP contribution in [-0.2, 0) is 4.74 Å². The number of cyclic esters (lactones) is 1. The molecule has 9 heteroatoms. The van der Waals surface area contributed by atoms with E-state index < -0.39 is 29.2 Å². The molecule has 2 saturated heterocycles. The summed E-state index contributed by atoms with van der Waals surface area (Å²) < 4.78 is 45.2. The molecule has 1 aromatic carbocycles. The highest BCUT2D eigenvalue weighted by Gasteiger charge is 2.38. The van der Waals surface area contributed by atoms with Gasteiger partial charge < -0.3 is 19.9 Å². The van der Waals surface area contributed by atoms with Gasteiger partial charge in [0.05, 0.1) is 12.3 Å². The number of nitrogens with zero attached hydrogens (tertiary/aromatic N) is 2. The molecule has 0 unspecified atom stereocenters. The Kier molecular flexibility index (Phi) is 5.21. The Morgan fingerprint density at radius 3 is 2.52 bits per heavy atom. The molecule has 148 valence electrons. The first-order valence-corrected chi connectivity index (χ1v) is 8.81. The number of likely N-dealkylation sites (tertiary alicyclic amines) is 1. The molecule has 3 amide bonds. The number of benzene rings is 1. The number of halogens is 3. The third-order valence-electron chi connectivity index (χ3n) is 4.89. The number of urea groups is 1.